The van der Waals surface area contributed by atoms with E-state index in [9.17, 15) is 0 Å². The van der Waals surface area contributed by atoms with E-state index in [0.29, 0.717) is 11.6 Å². The summed E-state index contributed by atoms with van der Waals surface area (Å²) < 4.78 is 5.52. The molecule has 0 aliphatic rings. The molecule has 0 radical (unpaired) electrons. The molecule has 5 heteroatoms. The highest BCUT2D eigenvalue weighted by Gasteiger charge is 2.06. The summed E-state index contributed by atoms with van der Waals surface area (Å²) in [5.74, 6) is 1.19. The molecule has 0 saturated heterocycles. The molecule has 0 fully saturated rings. The first-order chi connectivity index (χ1) is 8.19. The van der Waals surface area contributed by atoms with Crippen molar-refractivity contribution in [3.05, 3.63) is 35.8 Å². The van der Waals surface area contributed by atoms with E-state index in [1.165, 1.54) is 0 Å². The Morgan fingerprint density at radius 3 is 2.82 bits per heavy atom. The van der Waals surface area contributed by atoms with Gasteiger partial charge in [0.1, 0.15) is 5.75 Å². The van der Waals surface area contributed by atoms with Crippen LogP contribution in [0.5, 0.6) is 11.6 Å². The molecule has 0 spiro atoms. The molecule has 0 bridgehead atoms. The number of aromatic nitrogens is 3. The standard InChI is InChI=1S/C12H16N4O/c1-3-10(13)11-5-4-9(7-14-11)17-12-6-8(2)15-16-12/h4-7,10H,3,13H2,1-2H3,(H,15,16)/t10-/m1/s1. The number of pyridine rings is 1. The Morgan fingerprint density at radius 1 is 1.47 bits per heavy atom. The van der Waals surface area contributed by atoms with Crippen LogP contribution in [0.4, 0.5) is 0 Å². The van der Waals surface area contributed by atoms with Gasteiger partial charge >= 0.3 is 0 Å². The van der Waals surface area contributed by atoms with Crippen molar-refractivity contribution in [2.75, 3.05) is 0 Å². The monoisotopic (exact) mass is 232 g/mol. The lowest BCUT2D eigenvalue weighted by atomic mass is 10.1. The minimum Gasteiger partial charge on any atom is -0.436 e. The van der Waals surface area contributed by atoms with Crippen molar-refractivity contribution in [2.24, 2.45) is 5.73 Å². The molecular weight excluding hydrogens is 216 g/mol. The van der Waals surface area contributed by atoms with Gasteiger partial charge in [-0.25, -0.2) is 0 Å². The van der Waals surface area contributed by atoms with Crippen molar-refractivity contribution in [3.63, 3.8) is 0 Å². The Kier molecular flexibility index (Phi) is 3.39. The quantitative estimate of drug-likeness (QED) is 0.848. The third-order valence-electron chi connectivity index (χ3n) is 2.48. The molecule has 1 atom stereocenters. The Morgan fingerprint density at radius 2 is 2.29 bits per heavy atom. The molecule has 90 valence electrons. The van der Waals surface area contributed by atoms with Crippen LogP contribution >= 0.6 is 0 Å². The third-order valence-corrected chi connectivity index (χ3v) is 2.48. The number of nitrogens with zero attached hydrogens (tertiary/aromatic N) is 2. The second-order valence-corrected chi connectivity index (χ2v) is 3.92. The Hall–Kier alpha value is -1.88. The van der Waals surface area contributed by atoms with Gasteiger partial charge in [0.25, 0.3) is 0 Å². The Bertz CT molecular complexity index is 478. The van der Waals surface area contributed by atoms with Gasteiger partial charge in [0.05, 0.1) is 11.9 Å². The predicted octanol–water partition coefficient (Wildman–Crippen LogP) is 2.32. The number of hydrogen-bond acceptors (Lipinski definition) is 4. The lowest BCUT2D eigenvalue weighted by Crippen LogP contribution is -2.10. The van der Waals surface area contributed by atoms with Crippen LogP contribution in [-0.4, -0.2) is 15.2 Å². The molecule has 5 nitrogen and oxygen atoms in total. The minimum absolute atomic E-state index is 0.0170. The number of ether oxygens (including phenoxy) is 1. The summed E-state index contributed by atoms with van der Waals surface area (Å²) in [4.78, 5) is 4.26. The van der Waals surface area contributed by atoms with Crippen molar-refractivity contribution in [2.45, 2.75) is 26.3 Å². The maximum atomic E-state index is 5.88. The molecule has 2 aromatic heterocycles. The minimum atomic E-state index is -0.0170. The van der Waals surface area contributed by atoms with Crippen LogP contribution in [0.2, 0.25) is 0 Å². The fraction of sp³-hybridized carbons (Fsp3) is 0.333. The van der Waals surface area contributed by atoms with Crippen LogP contribution in [0.15, 0.2) is 24.4 Å². The maximum Gasteiger partial charge on any atom is 0.238 e. The molecule has 17 heavy (non-hydrogen) atoms. The smallest absolute Gasteiger partial charge is 0.238 e. The van der Waals surface area contributed by atoms with E-state index in [1.54, 1.807) is 6.20 Å². The molecule has 2 aromatic rings. The van der Waals surface area contributed by atoms with Gasteiger partial charge in [-0.3, -0.25) is 10.1 Å². The van der Waals surface area contributed by atoms with E-state index < -0.39 is 0 Å². The van der Waals surface area contributed by atoms with Crippen LogP contribution in [-0.2, 0) is 0 Å². The fourth-order valence-corrected chi connectivity index (χ4v) is 1.45. The first-order valence-corrected chi connectivity index (χ1v) is 5.60. The highest BCUT2D eigenvalue weighted by molar-refractivity contribution is 5.26. The van der Waals surface area contributed by atoms with Gasteiger partial charge in [-0.2, -0.15) is 0 Å². The molecule has 0 aromatic carbocycles. The Labute approximate surface area is 100 Å². The maximum absolute atomic E-state index is 5.88. The first-order valence-electron chi connectivity index (χ1n) is 5.60. The van der Waals surface area contributed by atoms with Gasteiger partial charge in [-0.15, -0.1) is 5.10 Å². The summed E-state index contributed by atoms with van der Waals surface area (Å²) in [6, 6.07) is 5.54. The lowest BCUT2D eigenvalue weighted by molar-refractivity contribution is 0.458. The molecule has 2 rings (SSSR count). The average molecular weight is 232 g/mol. The zero-order chi connectivity index (χ0) is 12.3. The van der Waals surface area contributed by atoms with Gasteiger partial charge in [0, 0.05) is 17.8 Å². The third kappa shape index (κ3) is 2.82. The molecule has 2 heterocycles. The highest BCUT2D eigenvalue weighted by Crippen LogP contribution is 2.20. The zero-order valence-electron chi connectivity index (χ0n) is 9.97. The summed E-state index contributed by atoms with van der Waals surface area (Å²) in [5.41, 5.74) is 7.71. The number of aromatic amines is 1. The van der Waals surface area contributed by atoms with E-state index in [-0.39, 0.29) is 6.04 Å². The van der Waals surface area contributed by atoms with Crippen LogP contribution in [0, 0.1) is 6.92 Å². The fourth-order valence-electron chi connectivity index (χ4n) is 1.45. The predicted molar refractivity (Wildman–Crippen MR) is 64.9 cm³/mol. The van der Waals surface area contributed by atoms with Gasteiger partial charge < -0.3 is 10.5 Å². The van der Waals surface area contributed by atoms with E-state index >= 15 is 0 Å². The molecule has 0 saturated carbocycles. The van der Waals surface area contributed by atoms with Crippen molar-refractivity contribution in [3.8, 4) is 11.6 Å². The molecule has 0 amide bonds. The summed E-state index contributed by atoms with van der Waals surface area (Å²) >= 11 is 0. The van der Waals surface area contributed by atoms with Gasteiger partial charge in [0.15, 0.2) is 0 Å². The summed E-state index contributed by atoms with van der Waals surface area (Å²) in [5, 5.41) is 6.80. The van der Waals surface area contributed by atoms with E-state index in [2.05, 4.69) is 15.2 Å². The summed E-state index contributed by atoms with van der Waals surface area (Å²) in [7, 11) is 0. The SMILES string of the molecule is CC[C@@H](N)c1ccc(Oc2cc(C)[nH]n2)cn1. The molecular formula is C12H16N4O. The second kappa shape index (κ2) is 4.97. The molecule has 0 aliphatic heterocycles. The number of rotatable bonds is 4. The van der Waals surface area contributed by atoms with Crippen LogP contribution < -0.4 is 10.5 Å². The number of nitrogens with one attached hydrogen (secondary N) is 1. The largest absolute Gasteiger partial charge is 0.436 e. The molecule has 3 N–H and O–H groups in total. The number of H-pyrrole nitrogens is 1. The van der Waals surface area contributed by atoms with Crippen molar-refractivity contribution >= 4 is 0 Å². The van der Waals surface area contributed by atoms with Gasteiger partial charge in [-0.05, 0) is 25.5 Å². The van der Waals surface area contributed by atoms with Crippen molar-refractivity contribution in [1.29, 1.82) is 0 Å². The topological polar surface area (TPSA) is 76.8 Å². The van der Waals surface area contributed by atoms with Crippen molar-refractivity contribution in [1.82, 2.24) is 15.2 Å². The lowest BCUT2D eigenvalue weighted by Gasteiger charge is -2.08. The van der Waals surface area contributed by atoms with E-state index in [0.717, 1.165) is 17.8 Å². The highest BCUT2D eigenvalue weighted by atomic mass is 16.5. The number of nitrogens with two attached hydrogens (primary N) is 1. The van der Waals surface area contributed by atoms with E-state index in [4.69, 9.17) is 10.5 Å². The van der Waals surface area contributed by atoms with E-state index in [1.807, 2.05) is 32.0 Å². The normalized spacial score (nSPS) is 12.4. The zero-order valence-corrected chi connectivity index (χ0v) is 9.97. The molecule has 0 aliphatic carbocycles. The molecule has 0 unspecified atom stereocenters. The first kappa shape index (κ1) is 11.6. The van der Waals surface area contributed by atoms with Gasteiger partial charge in [-0.1, -0.05) is 6.92 Å². The van der Waals surface area contributed by atoms with Crippen LogP contribution in [0.25, 0.3) is 0 Å². The average Bonchev–Trinajstić information content (AvgIpc) is 2.75. The second-order valence-electron chi connectivity index (χ2n) is 3.92. The van der Waals surface area contributed by atoms with Gasteiger partial charge in [0.2, 0.25) is 5.88 Å². The van der Waals surface area contributed by atoms with Crippen LogP contribution in [0.1, 0.15) is 30.8 Å². The number of aryl methyl sites for hydroxylation is 1. The van der Waals surface area contributed by atoms with Crippen LogP contribution in [0.3, 0.4) is 0 Å². The Balaban J connectivity index is 2.08. The van der Waals surface area contributed by atoms with Crippen molar-refractivity contribution < 1.29 is 4.74 Å². The summed E-state index contributed by atoms with van der Waals surface area (Å²) in [6.07, 6.45) is 2.53. The number of hydrogen-bond donors (Lipinski definition) is 2. The summed E-state index contributed by atoms with van der Waals surface area (Å²) in [6.45, 7) is 3.95.